The van der Waals surface area contributed by atoms with Crippen LogP contribution in [0.4, 0.5) is 5.82 Å². The van der Waals surface area contributed by atoms with Crippen LogP contribution in [0.15, 0.2) is 77.8 Å². The van der Waals surface area contributed by atoms with Crippen molar-refractivity contribution in [3.05, 3.63) is 95.2 Å². The lowest BCUT2D eigenvalue weighted by atomic mass is 9.96. The largest absolute Gasteiger partial charge is 0.233 e. The van der Waals surface area contributed by atoms with E-state index in [0.717, 1.165) is 35.5 Å². The number of hydrogen-bond acceptors (Lipinski definition) is 2. The zero-order valence-electron chi connectivity index (χ0n) is 13.7. The Morgan fingerprint density at radius 2 is 1.33 bits per heavy atom. The van der Waals surface area contributed by atoms with Gasteiger partial charge in [0, 0.05) is 16.8 Å². The van der Waals surface area contributed by atoms with Crippen molar-refractivity contribution in [2.75, 3.05) is 0 Å². The highest BCUT2D eigenvalue weighted by atomic mass is 14.9. The molecule has 1 aliphatic rings. The van der Waals surface area contributed by atoms with Crippen LogP contribution in [0.3, 0.4) is 0 Å². The average molecular weight is 312 g/mol. The molecule has 2 nitrogen and oxygen atoms in total. The summed E-state index contributed by atoms with van der Waals surface area (Å²) >= 11 is 0. The summed E-state index contributed by atoms with van der Waals surface area (Å²) in [6.07, 6.45) is 4.73. The molecule has 4 rings (SSSR count). The minimum atomic E-state index is 0.804. The van der Waals surface area contributed by atoms with E-state index in [4.69, 9.17) is 9.98 Å². The highest BCUT2D eigenvalue weighted by Gasteiger charge is 2.12. The quantitative estimate of drug-likeness (QED) is 0.615. The molecule has 0 unspecified atom stereocenters. The minimum Gasteiger partial charge on any atom is -0.233 e. The van der Waals surface area contributed by atoms with Gasteiger partial charge >= 0.3 is 0 Å². The fourth-order valence-electron chi connectivity index (χ4n) is 3.24. The van der Waals surface area contributed by atoms with E-state index in [2.05, 4.69) is 36.4 Å². The highest BCUT2D eigenvalue weighted by molar-refractivity contribution is 6.13. The summed E-state index contributed by atoms with van der Waals surface area (Å²) in [7, 11) is 0. The molecule has 1 aromatic heterocycles. The van der Waals surface area contributed by atoms with Crippen LogP contribution in [-0.4, -0.2) is 10.7 Å². The van der Waals surface area contributed by atoms with Gasteiger partial charge in [-0.1, -0.05) is 66.7 Å². The first-order valence-electron chi connectivity index (χ1n) is 8.58. The number of fused-ring (bicyclic) bond motifs is 1. The van der Waals surface area contributed by atoms with Gasteiger partial charge in [-0.3, -0.25) is 0 Å². The lowest BCUT2D eigenvalue weighted by Crippen LogP contribution is -2.06. The topological polar surface area (TPSA) is 25.2 Å². The summed E-state index contributed by atoms with van der Waals surface area (Å²) in [6, 6.07) is 24.9. The number of nitrogens with zero attached hydrogens (tertiary/aromatic N) is 2. The van der Waals surface area contributed by atoms with Gasteiger partial charge in [-0.2, -0.15) is 0 Å². The Hall–Kier alpha value is -2.74. The van der Waals surface area contributed by atoms with Crippen LogP contribution in [0.5, 0.6) is 0 Å². The van der Waals surface area contributed by atoms with Crippen LogP contribution in [0.25, 0.3) is 0 Å². The third kappa shape index (κ3) is 3.13. The second kappa shape index (κ2) is 6.79. The van der Waals surface area contributed by atoms with Gasteiger partial charge in [-0.15, -0.1) is 0 Å². The lowest BCUT2D eigenvalue weighted by Gasteiger charge is -2.15. The zero-order chi connectivity index (χ0) is 16.2. The summed E-state index contributed by atoms with van der Waals surface area (Å²) in [6.45, 7) is 0. The molecule has 0 aliphatic heterocycles. The maximum absolute atomic E-state index is 4.91. The van der Waals surface area contributed by atoms with Crippen LogP contribution < -0.4 is 0 Å². The van der Waals surface area contributed by atoms with Crippen LogP contribution in [-0.2, 0) is 12.8 Å². The van der Waals surface area contributed by atoms with E-state index in [0.29, 0.717) is 0 Å². The minimum absolute atomic E-state index is 0.804. The van der Waals surface area contributed by atoms with Gasteiger partial charge in [-0.25, -0.2) is 9.98 Å². The van der Waals surface area contributed by atoms with Gasteiger partial charge in [0.15, 0.2) is 5.82 Å². The molecular formula is C22H20N2. The van der Waals surface area contributed by atoms with Crippen molar-refractivity contribution >= 4 is 11.5 Å². The van der Waals surface area contributed by atoms with Crippen molar-refractivity contribution in [2.24, 2.45) is 4.99 Å². The van der Waals surface area contributed by atoms with Crippen LogP contribution in [0.1, 0.15) is 35.2 Å². The molecule has 24 heavy (non-hydrogen) atoms. The molecule has 1 aliphatic carbocycles. The highest BCUT2D eigenvalue weighted by Crippen LogP contribution is 2.23. The van der Waals surface area contributed by atoms with Crippen molar-refractivity contribution in [2.45, 2.75) is 25.7 Å². The number of pyridine rings is 1. The van der Waals surface area contributed by atoms with Crippen molar-refractivity contribution in [3.8, 4) is 0 Å². The van der Waals surface area contributed by atoms with Crippen molar-refractivity contribution in [3.63, 3.8) is 0 Å². The van der Waals surface area contributed by atoms with Gasteiger partial charge < -0.3 is 0 Å². The summed E-state index contributed by atoms with van der Waals surface area (Å²) in [5, 5.41) is 0. The van der Waals surface area contributed by atoms with Gasteiger partial charge in [0.2, 0.25) is 0 Å². The van der Waals surface area contributed by atoms with E-state index >= 15 is 0 Å². The molecule has 3 aromatic rings. The second-order valence-electron chi connectivity index (χ2n) is 6.17. The Bertz CT molecular complexity index is 810. The molecule has 0 saturated carbocycles. The second-order valence-corrected chi connectivity index (χ2v) is 6.17. The first-order valence-corrected chi connectivity index (χ1v) is 8.58. The lowest BCUT2D eigenvalue weighted by molar-refractivity contribution is 0.668. The standard InChI is InChI=1S/C22H20N2/c1-3-10-18(11-4-1)22(19-12-5-2-6-13-19)24-21-16-15-17-9-7-8-14-20(17)23-21/h1-6,10-13,15-16H,7-9,14H2. The van der Waals surface area contributed by atoms with E-state index in [-0.39, 0.29) is 0 Å². The average Bonchev–Trinajstić information content (AvgIpc) is 2.67. The van der Waals surface area contributed by atoms with Gasteiger partial charge in [0.05, 0.1) is 5.71 Å². The molecule has 0 saturated heterocycles. The SMILES string of the molecule is c1ccc(C(=Nc2ccc3c(n2)CCCC3)c2ccccc2)cc1. The monoisotopic (exact) mass is 312 g/mol. The van der Waals surface area contributed by atoms with Gasteiger partial charge in [0.25, 0.3) is 0 Å². The number of aliphatic imine (C=N–C) groups is 1. The van der Waals surface area contributed by atoms with Crippen LogP contribution >= 0.6 is 0 Å². The first kappa shape index (κ1) is 14.8. The zero-order valence-corrected chi connectivity index (χ0v) is 13.7. The van der Waals surface area contributed by atoms with Crippen LogP contribution in [0.2, 0.25) is 0 Å². The molecule has 0 fully saturated rings. The third-order valence-electron chi connectivity index (χ3n) is 4.48. The molecule has 1 heterocycles. The Labute approximate surface area is 142 Å². The summed E-state index contributed by atoms with van der Waals surface area (Å²) in [5.41, 5.74) is 5.81. The molecule has 0 spiro atoms. The molecule has 0 amide bonds. The fraction of sp³-hybridized carbons (Fsp3) is 0.182. The van der Waals surface area contributed by atoms with E-state index in [1.165, 1.54) is 24.1 Å². The van der Waals surface area contributed by atoms with Crippen LogP contribution in [0, 0.1) is 0 Å². The molecule has 0 radical (unpaired) electrons. The number of aromatic nitrogens is 1. The van der Waals surface area contributed by atoms with E-state index in [1.807, 2.05) is 36.4 Å². The van der Waals surface area contributed by atoms with E-state index in [9.17, 15) is 0 Å². The predicted molar refractivity (Wildman–Crippen MR) is 99.1 cm³/mol. The fourth-order valence-corrected chi connectivity index (χ4v) is 3.24. The third-order valence-corrected chi connectivity index (χ3v) is 4.48. The molecule has 0 atom stereocenters. The van der Waals surface area contributed by atoms with Gasteiger partial charge in [-0.05, 0) is 37.3 Å². The van der Waals surface area contributed by atoms with Crippen molar-refractivity contribution in [1.82, 2.24) is 4.98 Å². The summed E-state index contributed by atoms with van der Waals surface area (Å²) < 4.78 is 0. The Morgan fingerprint density at radius 1 is 0.708 bits per heavy atom. The van der Waals surface area contributed by atoms with Crippen molar-refractivity contribution in [1.29, 1.82) is 0 Å². The Kier molecular flexibility index (Phi) is 4.20. The molecule has 0 bridgehead atoms. The predicted octanol–water partition coefficient (Wildman–Crippen LogP) is 5.13. The molecule has 0 N–H and O–H groups in total. The Morgan fingerprint density at radius 3 is 2.00 bits per heavy atom. The Balaban J connectivity index is 1.80. The molecular weight excluding hydrogens is 292 g/mol. The summed E-state index contributed by atoms with van der Waals surface area (Å²) in [4.78, 5) is 9.73. The molecule has 2 aromatic carbocycles. The maximum Gasteiger partial charge on any atom is 0.152 e. The number of benzene rings is 2. The first-order chi connectivity index (χ1) is 11.9. The number of aryl methyl sites for hydroxylation is 2. The van der Waals surface area contributed by atoms with E-state index in [1.54, 1.807) is 0 Å². The number of rotatable bonds is 3. The molecule has 118 valence electrons. The van der Waals surface area contributed by atoms with E-state index < -0.39 is 0 Å². The molecule has 2 heteroatoms. The number of hydrogen-bond donors (Lipinski definition) is 0. The van der Waals surface area contributed by atoms with Crippen molar-refractivity contribution < 1.29 is 0 Å². The van der Waals surface area contributed by atoms with Gasteiger partial charge in [0.1, 0.15) is 0 Å². The summed E-state index contributed by atoms with van der Waals surface area (Å²) in [5.74, 6) is 0.804. The normalized spacial score (nSPS) is 13.2. The maximum atomic E-state index is 4.91. The smallest absolute Gasteiger partial charge is 0.152 e.